The lowest BCUT2D eigenvalue weighted by atomic mass is 9.99. The van der Waals surface area contributed by atoms with Gasteiger partial charge in [-0.3, -0.25) is 9.78 Å². The van der Waals surface area contributed by atoms with Crippen LogP contribution < -0.4 is 5.32 Å². The Morgan fingerprint density at radius 1 is 1.17 bits per heavy atom. The van der Waals surface area contributed by atoms with Crippen LogP contribution in [0.2, 0.25) is 0 Å². The fraction of sp³-hybridized carbons (Fsp3) is 0.333. The number of benzene rings is 1. The predicted octanol–water partition coefficient (Wildman–Crippen LogP) is 2.76. The van der Waals surface area contributed by atoms with Crippen LogP contribution in [0.15, 0.2) is 41.1 Å². The minimum Gasteiger partial charge on any atom is -0.456 e. The molecule has 1 amide bonds. The van der Waals surface area contributed by atoms with Gasteiger partial charge in [-0.1, -0.05) is 0 Å². The summed E-state index contributed by atoms with van der Waals surface area (Å²) in [5, 5.41) is 3.18. The fourth-order valence-electron chi connectivity index (χ4n) is 3.29. The maximum Gasteiger partial charge on any atom is 0.256 e. The first-order valence-corrected chi connectivity index (χ1v) is 7.97. The molecule has 0 atom stereocenters. The van der Waals surface area contributed by atoms with Gasteiger partial charge in [0, 0.05) is 24.0 Å². The quantitative estimate of drug-likeness (QED) is 0.808. The van der Waals surface area contributed by atoms with Gasteiger partial charge in [0.1, 0.15) is 11.2 Å². The van der Waals surface area contributed by atoms with Gasteiger partial charge >= 0.3 is 0 Å². The Bertz CT molecular complexity index is 804. The zero-order chi connectivity index (χ0) is 15.8. The molecule has 0 radical (unpaired) electrons. The molecule has 4 heterocycles. The monoisotopic (exact) mass is 309 g/mol. The van der Waals surface area contributed by atoms with Gasteiger partial charge in [0.25, 0.3) is 5.91 Å². The van der Waals surface area contributed by atoms with Crippen LogP contribution >= 0.6 is 0 Å². The predicted molar refractivity (Wildman–Crippen MR) is 88.6 cm³/mol. The summed E-state index contributed by atoms with van der Waals surface area (Å²) < 4.78 is 5.74. The number of pyridine rings is 1. The Morgan fingerprint density at radius 3 is 2.61 bits per heavy atom. The lowest BCUT2D eigenvalue weighted by molar-refractivity contribution is 0.0919. The number of carbonyl (C=O) groups excluding carboxylic acids is 1. The number of amides is 1. The fourth-order valence-corrected chi connectivity index (χ4v) is 3.29. The molecule has 1 saturated heterocycles. The number of hydrogen-bond acceptors (Lipinski definition) is 4. The van der Waals surface area contributed by atoms with Crippen LogP contribution in [0.1, 0.15) is 23.2 Å². The molecule has 0 aromatic carbocycles. The molecule has 0 unspecified atom stereocenters. The Hall–Kier alpha value is -2.40. The summed E-state index contributed by atoms with van der Waals surface area (Å²) in [5.74, 6) is -0.0410. The third kappa shape index (κ3) is 2.57. The smallest absolute Gasteiger partial charge is 0.256 e. The number of nitrogens with zero attached hydrogens (tertiary/aromatic N) is 2. The van der Waals surface area contributed by atoms with Crippen LogP contribution in [0.3, 0.4) is 0 Å². The number of fused-ring (bicyclic) bond motifs is 2. The second-order valence-electron chi connectivity index (χ2n) is 6.20. The van der Waals surface area contributed by atoms with E-state index in [1.807, 2.05) is 24.3 Å². The van der Waals surface area contributed by atoms with Gasteiger partial charge in [-0.15, -0.1) is 0 Å². The van der Waals surface area contributed by atoms with Gasteiger partial charge in [0.15, 0.2) is 0 Å². The number of carbonyl (C=O) groups is 1. The molecule has 1 N–H and O–H groups in total. The molecule has 0 aliphatic carbocycles. The highest BCUT2D eigenvalue weighted by Gasteiger charge is 2.26. The third-order valence-electron chi connectivity index (χ3n) is 4.60. The van der Waals surface area contributed by atoms with E-state index >= 15 is 0 Å². The summed E-state index contributed by atoms with van der Waals surface area (Å²) in [4.78, 5) is 19.2. The molecule has 1 aliphatic heterocycles. The number of aromatic nitrogens is 1. The average molecular weight is 309 g/mol. The van der Waals surface area contributed by atoms with E-state index in [0.29, 0.717) is 11.1 Å². The molecule has 5 nitrogen and oxygen atoms in total. The first-order chi connectivity index (χ1) is 11.2. The summed E-state index contributed by atoms with van der Waals surface area (Å²) in [6, 6.07) is 7.83. The molecule has 118 valence electrons. The molecule has 5 heteroatoms. The van der Waals surface area contributed by atoms with E-state index in [4.69, 9.17) is 4.42 Å². The van der Waals surface area contributed by atoms with Crippen molar-refractivity contribution < 1.29 is 9.21 Å². The zero-order valence-corrected chi connectivity index (χ0v) is 13.1. The van der Waals surface area contributed by atoms with Crippen LogP contribution in [0.5, 0.6) is 0 Å². The normalized spacial score (nSPS) is 16.9. The van der Waals surface area contributed by atoms with E-state index in [1.165, 1.54) is 0 Å². The third-order valence-corrected chi connectivity index (χ3v) is 4.60. The van der Waals surface area contributed by atoms with Crippen LogP contribution in [-0.4, -0.2) is 42.0 Å². The van der Waals surface area contributed by atoms with Crippen molar-refractivity contribution in [2.45, 2.75) is 18.9 Å². The van der Waals surface area contributed by atoms with Gasteiger partial charge < -0.3 is 14.6 Å². The Morgan fingerprint density at radius 2 is 1.87 bits per heavy atom. The van der Waals surface area contributed by atoms with E-state index in [0.717, 1.165) is 42.6 Å². The van der Waals surface area contributed by atoms with Crippen molar-refractivity contribution in [3.8, 4) is 11.1 Å². The second kappa shape index (κ2) is 5.66. The standard InChI is InChI=1S/C18H19N3O2/c1-21-10-6-13(7-11-21)20-18(22)17-15-3-2-14(23-15)16(17)12-4-8-19-9-5-12/h2-5,8-9,13H,6-7,10-11H2,1H3,(H,20,22). The second-order valence-corrected chi connectivity index (χ2v) is 6.20. The van der Waals surface area contributed by atoms with Crippen molar-refractivity contribution in [3.05, 3.63) is 42.2 Å². The zero-order valence-electron chi connectivity index (χ0n) is 13.1. The first kappa shape index (κ1) is 14.2. The summed E-state index contributed by atoms with van der Waals surface area (Å²) >= 11 is 0. The Kier molecular flexibility index (Phi) is 3.50. The van der Waals surface area contributed by atoms with Crippen LogP contribution in [-0.2, 0) is 0 Å². The highest BCUT2D eigenvalue weighted by Crippen LogP contribution is 2.36. The number of piperidine rings is 1. The summed E-state index contributed by atoms with van der Waals surface area (Å²) in [6.07, 6.45) is 5.44. The van der Waals surface area contributed by atoms with E-state index in [-0.39, 0.29) is 11.9 Å². The minimum absolute atomic E-state index is 0.0410. The molecule has 3 aromatic rings. The molecule has 23 heavy (non-hydrogen) atoms. The van der Waals surface area contributed by atoms with Crippen molar-refractivity contribution >= 4 is 17.1 Å². The van der Waals surface area contributed by atoms with Gasteiger partial charge in [0.05, 0.1) is 5.56 Å². The molecule has 1 fully saturated rings. The van der Waals surface area contributed by atoms with Crippen molar-refractivity contribution in [3.63, 3.8) is 0 Å². The number of furan rings is 2. The SMILES string of the molecule is CN1CCC(NC(=O)c2c(-c3ccncc3)c3ccc2o3)CC1. The number of rotatable bonds is 3. The highest BCUT2D eigenvalue weighted by molar-refractivity contribution is 6.11. The molecule has 2 bridgehead atoms. The van der Waals surface area contributed by atoms with E-state index < -0.39 is 0 Å². The van der Waals surface area contributed by atoms with Crippen molar-refractivity contribution in [2.75, 3.05) is 20.1 Å². The number of hydrogen-bond donors (Lipinski definition) is 1. The lowest BCUT2D eigenvalue weighted by Crippen LogP contribution is -2.43. The maximum atomic E-state index is 12.8. The van der Waals surface area contributed by atoms with E-state index in [1.54, 1.807) is 12.4 Å². The van der Waals surface area contributed by atoms with E-state index in [2.05, 4.69) is 22.2 Å². The molecule has 3 aromatic heterocycles. The summed E-state index contributed by atoms with van der Waals surface area (Å²) in [6.45, 7) is 2.04. The van der Waals surface area contributed by atoms with Gasteiger partial charge in [0.2, 0.25) is 0 Å². The first-order valence-electron chi connectivity index (χ1n) is 7.97. The van der Waals surface area contributed by atoms with E-state index in [9.17, 15) is 4.79 Å². The molecule has 0 saturated carbocycles. The molecular formula is C18H19N3O2. The number of likely N-dealkylation sites (tertiary alicyclic amines) is 1. The van der Waals surface area contributed by atoms with Crippen LogP contribution in [0.25, 0.3) is 22.3 Å². The molecule has 4 rings (SSSR count). The van der Waals surface area contributed by atoms with Gasteiger partial charge in [-0.2, -0.15) is 0 Å². The molecule has 1 aliphatic rings. The van der Waals surface area contributed by atoms with Crippen molar-refractivity contribution in [1.29, 1.82) is 0 Å². The van der Waals surface area contributed by atoms with Crippen molar-refractivity contribution in [1.82, 2.24) is 15.2 Å². The van der Waals surface area contributed by atoms with Gasteiger partial charge in [-0.25, -0.2) is 0 Å². The number of nitrogens with one attached hydrogen (secondary N) is 1. The highest BCUT2D eigenvalue weighted by atomic mass is 16.3. The van der Waals surface area contributed by atoms with Crippen molar-refractivity contribution in [2.24, 2.45) is 0 Å². The molecular weight excluding hydrogens is 290 g/mol. The Balaban J connectivity index is 1.63. The summed E-state index contributed by atoms with van der Waals surface area (Å²) in [5.41, 5.74) is 3.88. The van der Waals surface area contributed by atoms with Crippen LogP contribution in [0.4, 0.5) is 0 Å². The summed E-state index contributed by atoms with van der Waals surface area (Å²) in [7, 11) is 2.11. The maximum absolute atomic E-state index is 12.8. The largest absolute Gasteiger partial charge is 0.456 e. The lowest BCUT2D eigenvalue weighted by Gasteiger charge is -2.29. The minimum atomic E-state index is -0.0410. The topological polar surface area (TPSA) is 58.4 Å². The van der Waals surface area contributed by atoms with Crippen LogP contribution in [0, 0.1) is 0 Å². The molecule has 0 spiro atoms. The van der Waals surface area contributed by atoms with Gasteiger partial charge in [-0.05, 0) is 62.8 Å². The Labute approximate surface area is 134 Å². The average Bonchev–Trinajstić information content (AvgIpc) is 3.19.